The Labute approximate surface area is 181 Å². The van der Waals surface area contributed by atoms with Gasteiger partial charge in [-0.15, -0.1) is 10.2 Å². The Morgan fingerprint density at radius 1 is 1.13 bits per heavy atom. The number of nitrogens with zero attached hydrogens (tertiary/aromatic N) is 2. The van der Waals surface area contributed by atoms with E-state index in [0.717, 1.165) is 29.5 Å². The molecule has 0 fully saturated rings. The van der Waals surface area contributed by atoms with Crippen LogP contribution in [-0.2, 0) is 17.5 Å². The summed E-state index contributed by atoms with van der Waals surface area (Å²) in [5, 5.41) is 13.5. The summed E-state index contributed by atoms with van der Waals surface area (Å²) >= 11 is 7.86. The van der Waals surface area contributed by atoms with E-state index in [2.05, 4.69) is 20.8 Å². The van der Waals surface area contributed by atoms with Gasteiger partial charge >= 0.3 is 6.18 Å². The van der Waals surface area contributed by atoms with Crippen LogP contribution in [0.1, 0.15) is 11.1 Å². The third-order valence-corrected chi connectivity index (χ3v) is 5.90. The number of halogens is 5. The number of benzene rings is 2. The zero-order valence-electron chi connectivity index (χ0n) is 15.0. The fourth-order valence-electron chi connectivity index (χ4n) is 2.29. The largest absolute Gasteiger partial charge is 0.418 e. The Bertz CT molecular complexity index is 1030. The van der Waals surface area contributed by atoms with E-state index in [1.54, 1.807) is 12.1 Å². The maximum absolute atomic E-state index is 13.1. The van der Waals surface area contributed by atoms with Crippen molar-refractivity contribution in [3.05, 3.63) is 64.4 Å². The molecule has 0 atom stereocenters. The first-order valence-electron chi connectivity index (χ1n) is 8.32. The number of thioether (sulfide) groups is 1. The van der Waals surface area contributed by atoms with Crippen molar-refractivity contribution >= 4 is 51.4 Å². The molecule has 2 aromatic carbocycles. The van der Waals surface area contributed by atoms with Crippen molar-refractivity contribution in [2.45, 2.75) is 17.1 Å². The second kappa shape index (κ2) is 9.63. The van der Waals surface area contributed by atoms with Gasteiger partial charge in [-0.1, -0.05) is 46.8 Å². The normalized spacial score (nSPS) is 11.4. The number of amides is 1. The zero-order valence-corrected chi connectivity index (χ0v) is 17.4. The Kier molecular flexibility index (Phi) is 7.16. The molecule has 1 heterocycles. The standard InChI is InChI=1S/C18H13ClF4N4OS2/c19-11-3-6-14(13(7-11)18(21,22)23)25-15(28)9-29-17-27-26-16(30-17)24-8-10-1-4-12(20)5-2-10/h1-7H,8-9H2,(H,24,26)(H,25,28). The Balaban J connectivity index is 1.53. The summed E-state index contributed by atoms with van der Waals surface area (Å²) in [5.41, 5.74) is -0.531. The molecule has 0 bridgehead atoms. The van der Waals surface area contributed by atoms with Gasteiger partial charge < -0.3 is 10.6 Å². The minimum Gasteiger partial charge on any atom is -0.356 e. The Morgan fingerprint density at radius 2 is 1.87 bits per heavy atom. The molecule has 0 saturated carbocycles. The predicted molar refractivity (Wildman–Crippen MR) is 109 cm³/mol. The fourth-order valence-corrected chi connectivity index (χ4v) is 4.01. The van der Waals surface area contributed by atoms with E-state index in [1.807, 2.05) is 0 Å². The van der Waals surface area contributed by atoms with Crippen molar-refractivity contribution in [2.75, 3.05) is 16.4 Å². The topological polar surface area (TPSA) is 66.9 Å². The first kappa shape index (κ1) is 22.3. The average Bonchev–Trinajstić information content (AvgIpc) is 3.14. The summed E-state index contributed by atoms with van der Waals surface area (Å²) in [7, 11) is 0. The van der Waals surface area contributed by atoms with Crippen LogP contribution >= 0.6 is 34.7 Å². The molecule has 0 saturated heterocycles. The molecule has 0 aliphatic heterocycles. The van der Waals surface area contributed by atoms with Crippen molar-refractivity contribution in [3.8, 4) is 0 Å². The minimum atomic E-state index is -4.65. The van der Waals surface area contributed by atoms with E-state index < -0.39 is 17.6 Å². The van der Waals surface area contributed by atoms with Crippen LogP contribution in [0.5, 0.6) is 0 Å². The van der Waals surface area contributed by atoms with Gasteiger partial charge in [0.15, 0.2) is 4.34 Å². The molecule has 2 N–H and O–H groups in total. The van der Waals surface area contributed by atoms with E-state index in [1.165, 1.54) is 29.5 Å². The summed E-state index contributed by atoms with van der Waals surface area (Å²) < 4.78 is 52.6. The van der Waals surface area contributed by atoms with Gasteiger partial charge in [0.2, 0.25) is 11.0 Å². The molecule has 3 aromatic rings. The van der Waals surface area contributed by atoms with Crippen molar-refractivity contribution in [3.63, 3.8) is 0 Å². The van der Waals surface area contributed by atoms with Crippen LogP contribution < -0.4 is 10.6 Å². The maximum Gasteiger partial charge on any atom is 0.418 e. The lowest BCUT2D eigenvalue weighted by Crippen LogP contribution is -2.18. The molecule has 0 unspecified atom stereocenters. The van der Waals surface area contributed by atoms with Gasteiger partial charge in [0, 0.05) is 11.6 Å². The van der Waals surface area contributed by atoms with Crippen LogP contribution in [-0.4, -0.2) is 21.9 Å². The zero-order chi connectivity index (χ0) is 21.7. The van der Waals surface area contributed by atoms with E-state index >= 15 is 0 Å². The van der Waals surface area contributed by atoms with Crippen molar-refractivity contribution in [1.82, 2.24) is 10.2 Å². The molecular formula is C18H13ClF4N4OS2. The van der Waals surface area contributed by atoms with Gasteiger partial charge in [-0.05, 0) is 35.9 Å². The molecule has 158 valence electrons. The summed E-state index contributed by atoms with van der Waals surface area (Å²) in [4.78, 5) is 12.1. The molecule has 5 nitrogen and oxygen atoms in total. The fraction of sp³-hybridized carbons (Fsp3) is 0.167. The number of hydrogen-bond acceptors (Lipinski definition) is 6. The monoisotopic (exact) mass is 476 g/mol. The summed E-state index contributed by atoms with van der Waals surface area (Å²) in [6, 6.07) is 9.10. The van der Waals surface area contributed by atoms with E-state index in [0.29, 0.717) is 16.0 Å². The van der Waals surface area contributed by atoms with Crippen molar-refractivity contribution < 1.29 is 22.4 Å². The molecule has 0 spiro atoms. The molecule has 1 amide bonds. The molecular weight excluding hydrogens is 464 g/mol. The Hall–Kier alpha value is -2.37. The Morgan fingerprint density at radius 3 is 2.57 bits per heavy atom. The highest BCUT2D eigenvalue weighted by Gasteiger charge is 2.34. The van der Waals surface area contributed by atoms with Gasteiger partial charge in [0.1, 0.15) is 5.82 Å². The highest BCUT2D eigenvalue weighted by Crippen LogP contribution is 2.36. The second-order valence-electron chi connectivity index (χ2n) is 5.88. The van der Waals surface area contributed by atoms with Gasteiger partial charge in [0.05, 0.1) is 17.0 Å². The van der Waals surface area contributed by atoms with Gasteiger partial charge in [0.25, 0.3) is 0 Å². The summed E-state index contributed by atoms with van der Waals surface area (Å²) in [5.74, 6) is -1.09. The predicted octanol–water partition coefficient (Wildman–Crippen LogP) is 5.69. The minimum absolute atomic E-state index is 0.0794. The number of hydrogen-bond donors (Lipinski definition) is 2. The van der Waals surface area contributed by atoms with Crippen molar-refractivity contribution in [1.29, 1.82) is 0 Å². The number of nitrogens with one attached hydrogen (secondary N) is 2. The molecule has 3 rings (SSSR count). The molecule has 12 heteroatoms. The van der Waals surface area contributed by atoms with E-state index in [-0.39, 0.29) is 22.3 Å². The van der Waals surface area contributed by atoms with Gasteiger partial charge in [-0.25, -0.2) is 4.39 Å². The molecule has 0 radical (unpaired) electrons. The molecule has 1 aromatic heterocycles. The van der Waals surface area contributed by atoms with Crippen LogP contribution in [0, 0.1) is 5.82 Å². The van der Waals surface area contributed by atoms with Crippen LogP contribution in [0.3, 0.4) is 0 Å². The third-order valence-electron chi connectivity index (χ3n) is 3.65. The summed E-state index contributed by atoms with van der Waals surface area (Å²) in [6.45, 7) is 0.414. The van der Waals surface area contributed by atoms with Gasteiger partial charge in [-0.2, -0.15) is 13.2 Å². The average molecular weight is 477 g/mol. The smallest absolute Gasteiger partial charge is 0.356 e. The molecule has 0 aliphatic rings. The first-order chi connectivity index (χ1) is 14.2. The van der Waals surface area contributed by atoms with Crippen LogP contribution in [0.25, 0.3) is 0 Å². The van der Waals surface area contributed by atoms with Crippen LogP contribution in [0.4, 0.5) is 28.4 Å². The quantitative estimate of drug-likeness (QED) is 0.338. The van der Waals surface area contributed by atoms with Crippen LogP contribution in [0.15, 0.2) is 46.8 Å². The lowest BCUT2D eigenvalue weighted by molar-refractivity contribution is -0.137. The van der Waals surface area contributed by atoms with Crippen molar-refractivity contribution in [2.24, 2.45) is 0 Å². The third kappa shape index (κ3) is 6.31. The van der Waals surface area contributed by atoms with E-state index in [9.17, 15) is 22.4 Å². The second-order valence-corrected chi connectivity index (χ2v) is 8.51. The summed E-state index contributed by atoms with van der Waals surface area (Å²) in [6.07, 6.45) is -4.65. The lowest BCUT2D eigenvalue weighted by atomic mass is 10.1. The number of aromatic nitrogens is 2. The number of carbonyl (C=O) groups excluding carboxylic acids is 1. The maximum atomic E-state index is 13.1. The highest BCUT2D eigenvalue weighted by atomic mass is 35.5. The number of anilines is 2. The number of alkyl halides is 3. The van der Waals surface area contributed by atoms with Crippen LogP contribution in [0.2, 0.25) is 5.02 Å². The molecule has 30 heavy (non-hydrogen) atoms. The molecule has 0 aliphatic carbocycles. The first-order valence-corrected chi connectivity index (χ1v) is 10.5. The SMILES string of the molecule is O=C(CSc1nnc(NCc2ccc(F)cc2)s1)Nc1ccc(Cl)cc1C(F)(F)F. The number of rotatable bonds is 7. The highest BCUT2D eigenvalue weighted by molar-refractivity contribution is 8.01. The lowest BCUT2D eigenvalue weighted by Gasteiger charge is -2.13. The van der Waals surface area contributed by atoms with Gasteiger partial charge in [-0.3, -0.25) is 4.79 Å². The number of carbonyl (C=O) groups is 1. The van der Waals surface area contributed by atoms with E-state index in [4.69, 9.17) is 11.6 Å².